The minimum Gasteiger partial charge on any atom is -0.497 e. The molecule has 0 aromatic heterocycles. The highest BCUT2D eigenvalue weighted by Crippen LogP contribution is 2.30. The highest BCUT2D eigenvalue weighted by atomic mass is 16.5. The predicted octanol–water partition coefficient (Wildman–Crippen LogP) is 3.56. The van der Waals surface area contributed by atoms with E-state index in [4.69, 9.17) is 14.2 Å². The second-order valence-electron chi connectivity index (χ2n) is 8.70. The van der Waals surface area contributed by atoms with Gasteiger partial charge in [-0.15, -0.1) is 0 Å². The molecule has 216 valence electrons. The van der Waals surface area contributed by atoms with Gasteiger partial charge < -0.3 is 24.3 Å². The molecule has 0 saturated carbocycles. The number of rotatable bonds is 10. The third-order valence-corrected chi connectivity index (χ3v) is 5.96. The van der Waals surface area contributed by atoms with Crippen LogP contribution in [0.3, 0.4) is 0 Å². The molecule has 3 aromatic carbocycles. The highest BCUT2D eigenvalue weighted by Gasteiger charge is 2.37. The summed E-state index contributed by atoms with van der Waals surface area (Å²) in [5, 5.41) is 4.86. The molecule has 0 unspecified atom stereocenters. The van der Waals surface area contributed by atoms with Crippen LogP contribution < -0.4 is 29.7 Å². The summed E-state index contributed by atoms with van der Waals surface area (Å²) >= 11 is 0. The van der Waals surface area contributed by atoms with Crippen LogP contribution in [0.5, 0.6) is 17.2 Å². The average Bonchev–Trinajstić information content (AvgIpc) is 2.99. The third-order valence-electron chi connectivity index (χ3n) is 5.96. The number of nitrogens with zero attached hydrogens (tertiary/aromatic N) is 1. The number of methoxy groups -OCH3 is 2. The van der Waals surface area contributed by atoms with Crippen molar-refractivity contribution in [3.05, 3.63) is 83.4 Å². The smallest absolute Gasteiger partial charge is 0.337 e. The van der Waals surface area contributed by atoms with Gasteiger partial charge in [-0.3, -0.25) is 19.7 Å². The molecule has 5 amide bonds. The fourth-order valence-electron chi connectivity index (χ4n) is 3.94. The van der Waals surface area contributed by atoms with Gasteiger partial charge in [-0.2, -0.15) is 0 Å². The lowest BCUT2D eigenvalue weighted by atomic mass is 10.1. The van der Waals surface area contributed by atoms with Crippen LogP contribution in [0.2, 0.25) is 0 Å². The third kappa shape index (κ3) is 6.73. The molecule has 12 heteroatoms. The number of carbonyl (C=O) groups is 5. The fourth-order valence-corrected chi connectivity index (χ4v) is 3.94. The van der Waals surface area contributed by atoms with Gasteiger partial charge in [-0.25, -0.2) is 14.5 Å². The molecule has 0 spiro atoms. The number of carbonyl (C=O) groups excluding carboxylic acids is 5. The molecule has 2 N–H and O–H groups in total. The summed E-state index contributed by atoms with van der Waals surface area (Å²) < 4.78 is 21.1. The Bertz CT molecular complexity index is 1550. The number of imide groups is 2. The topological polar surface area (TPSA) is 150 Å². The van der Waals surface area contributed by atoms with Crippen LogP contribution in [-0.2, 0) is 19.1 Å². The van der Waals surface area contributed by atoms with E-state index in [1.54, 1.807) is 50.4 Å². The summed E-state index contributed by atoms with van der Waals surface area (Å²) in [5.41, 5.74) is 1.04. The number of hydrogen-bond donors (Lipinski definition) is 2. The Morgan fingerprint density at radius 2 is 1.62 bits per heavy atom. The Hall–Kier alpha value is -5.65. The number of benzene rings is 3. The number of hydrogen-bond acceptors (Lipinski definition) is 9. The molecule has 1 aliphatic rings. The highest BCUT2D eigenvalue weighted by molar-refractivity contribution is 6.39. The first-order valence-electron chi connectivity index (χ1n) is 12.7. The molecule has 0 radical (unpaired) electrons. The van der Waals surface area contributed by atoms with Crippen LogP contribution in [0.1, 0.15) is 22.8 Å². The maximum atomic E-state index is 13.2. The Labute approximate surface area is 240 Å². The predicted molar refractivity (Wildman–Crippen MR) is 152 cm³/mol. The standard InChI is InChI=1S/C30H27N3O9/c1-4-41-25-16-18(5-14-24(25)42-17-26(34)31-20-8-12-22(39-2)13-9-20)15-23-27(35)32-30(38)33(28(23)36)21-10-6-19(7-11-21)29(37)40-3/h5-16H,4,17H2,1-3H3,(H,31,34)(H,32,35,38)/b23-15-. The van der Waals surface area contributed by atoms with Crippen molar-refractivity contribution in [3.8, 4) is 17.2 Å². The molecule has 1 aliphatic heterocycles. The molecule has 1 fully saturated rings. The zero-order valence-corrected chi connectivity index (χ0v) is 23.0. The van der Waals surface area contributed by atoms with E-state index in [1.165, 1.54) is 43.5 Å². The maximum absolute atomic E-state index is 13.2. The van der Waals surface area contributed by atoms with Gasteiger partial charge in [0.15, 0.2) is 18.1 Å². The van der Waals surface area contributed by atoms with E-state index in [9.17, 15) is 24.0 Å². The second-order valence-corrected chi connectivity index (χ2v) is 8.70. The number of ether oxygens (including phenoxy) is 4. The van der Waals surface area contributed by atoms with Crippen LogP contribution in [0.15, 0.2) is 72.3 Å². The molecule has 1 saturated heterocycles. The first-order chi connectivity index (χ1) is 20.2. The Morgan fingerprint density at radius 1 is 0.905 bits per heavy atom. The van der Waals surface area contributed by atoms with Crippen molar-refractivity contribution in [3.63, 3.8) is 0 Å². The molecule has 0 atom stereocenters. The Morgan fingerprint density at radius 3 is 2.26 bits per heavy atom. The summed E-state index contributed by atoms with van der Waals surface area (Å²) in [4.78, 5) is 63.3. The van der Waals surface area contributed by atoms with Crippen molar-refractivity contribution >= 4 is 47.2 Å². The van der Waals surface area contributed by atoms with Gasteiger partial charge >= 0.3 is 12.0 Å². The van der Waals surface area contributed by atoms with E-state index in [2.05, 4.69) is 15.4 Å². The van der Waals surface area contributed by atoms with E-state index in [-0.39, 0.29) is 41.5 Å². The molecular weight excluding hydrogens is 546 g/mol. The zero-order valence-electron chi connectivity index (χ0n) is 23.0. The summed E-state index contributed by atoms with van der Waals surface area (Å²) in [6, 6.07) is 16.1. The summed E-state index contributed by atoms with van der Waals surface area (Å²) in [5.74, 6) is -1.51. The van der Waals surface area contributed by atoms with Crippen molar-refractivity contribution in [2.24, 2.45) is 0 Å². The molecule has 42 heavy (non-hydrogen) atoms. The molecule has 12 nitrogen and oxygen atoms in total. The van der Waals surface area contributed by atoms with Crippen molar-refractivity contribution in [2.75, 3.05) is 37.7 Å². The van der Waals surface area contributed by atoms with Crippen molar-refractivity contribution in [1.29, 1.82) is 0 Å². The molecule has 3 aromatic rings. The molecule has 0 bridgehead atoms. The Kier molecular flexibility index (Phi) is 9.17. The van der Waals surface area contributed by atoms with E-state index in [0.29, 0.717) is 17.0 Å². The van der Waals surface area contributed by atoms with Crippen molar-refractivity contribution < 1.29 is 42.9 Å². The largest absolute Gasteiger partial charge is 0.497 e. The maximum Gasteiger partial charge on any atom is 0.337 e. The Balaban J connectivity index is 1.51. The fraction of sp³-hybridized carbons (Fsp3) is 0.167. The van der Waals surface area contributed by atoms with Gasteiger partial charge in [0.25, 0.3) is 17.7 Å². The first-order valence-corrected chi connectivity index (χ1v) is 12.7. The minimum atomic E-state index is -0.931. The number of nitrogens with one attached hydrogen (secondary N) is 2. The van der Waals surface area contributed by atoms with Gasteiger partial charge in [-0.1, -0.05) is 6.07 Å². The average molecular weight is 574 g/mol. The SMILES string of the molecule is CCOc1cc(/C=C2/C(=O)NC(=O)N(c3ccc(C(=O)OC)cc3)C2=O)ccc1OCC(=O)Nc1ccc(OC)cc1. The first kappa shape index (κ1) is 29.3. The van der Waals surface area contributed by atoms with Gasteiger partial charge in [0.2, 0.25) is 0 Å². The monoisotopic (exact) mass is 573 g/mol. The number of anilines is 2. The van der Waals surface area contributed by atoms with Gasteiger partial charge in [0.1, 0.15) is 11.3 Å². The van der Waals surface area contributed by atoms with Crippen LogP contribution in [0.4, 0.5) is 16.2 Å². The summed E-state index contributed by atoms with van der Waals surface area (Å²) in [7, 11) is 2.78. The summed E-state index contributed by atoms with van der Waals surface area (Å²) in [6.07, 6.45) is 1.31. The van der Waals surface area contributed by atoms with Crippen LogP contribution in [-0.4, -0.2) is 57.2 Å². The van der Waals surface area contributed by atoms with Crippen molar-refractivity contribution in [2.45, 2.75) is 6.92 Å². The van der Waals surface area contributed by atoms with Crippen LogP contribution >= 0.6 is 0 Å². The van der Waals surface area contributed by atoms with Gasteiger partial charge in [0, 0.05) is 5.69 Å². The molecular formula is C30H27N3O9. The van der Waals surface area contributed by atoms with Crippen LogP contribution in [0.25, 0.3) is 6.08 Å². The minimum absolute atomic E-state index is 0.148. The molecule has 0 aliphatic carbocycles. The van der Waals surface area contributed by atoms with Crippen molar-refractivity contribution in [1.82, 2.24) is 5.32 Å². The normalized spacial score (nSPS) is 13.8. The number of amides is 5. The van der Waals surface area contributed by atoms with Crippen LogP contribution in [0, 0.1) is 0 Å². The number of urea groups is 1. The quantitative estimate of drug-likeness (QED) is 0.211. The van der Waals surface area contributed by atoms with E-state index < -0.39 is 29.7 Å². The van der Waals surface area contributed by atoms with Gasteiger partial charge in [0.05, 0.1) is 32.1 Å². The zero-order chi connectivity index (χ0) is 30.2. The summed E-state index contributed by atoms with van der Waals surface area (Å²) in [6.45, 7) is 1.73. The second kappa shape index (κ2) is 13.1. The van der Waals surface area contributed by atoms with E-state index >= 15 is 0 Å². The van der Waals surface area contributed by atoms with Gasteiger partial charge in [-0.05, 0) is 79.2 Å². The number of barbiturate groups is 1. The number of esters is 1. The lowest BCUT2D eigenvalue weighted by molar-refractivity contribution is -0.122. The lowest BCUT2D eigenvalue weighted by Gasteiger charge is -2.26. The van der Waals surface area contributed by atoms with E-state index in [1.807, 2.05) is 0 Å². The molecule has 4 rings (SSSR count). The lowest BCUT2D eigenvalue weighted by Crippen LogP contribution is -2.54. The van der Waals surface area contributed by atoms with E-state index in [0.717, 1.165) is 4.90 Å². The molecule has 1 heterocycles.